The summed E-state index contributed by atoms with van der Waals surface area (Å²) in [5.74, 6) is -2.98. The highest BCUT2D eigenvalue weighted by Gasteiger charge is 2.67. The molecule has 1 heterocycles. The molecule has 1 N–H and O–H groups in total. The van der Waals surface area contributed by atoms with E-state index in [0.717, 1.165) is 12.1 Å². The first kappa shape index (κ1) is 21.1. The molecule has 0 radical (unpaired) electrons. The fourth-order valence-electron chi connectivity index (χ4n) is 2.32. The Bertz CT molecular complexity index is 805. The molecule has 2 aromatic rings. The number of rotatable bonds is 7. The van der Waals surface area contributed by atoms with Gasteiger partial charge in [0.1, 0.15) is 6.61 Å². The van der Waals surface area contributed by atoms with Gasteiger partial charge in [-0.2, -0.15) is 13.2 Å². The molecule has 0 bridgehead atoms. The predicted molar refractivity (Wildman–Crippen MR) is 89.4 cm³/mol. The Balaban J connectivity index is 2.35. The van der Waals surface area contributed by atoms with E-state index in [2.05, 4.69) is 4.74 Å². The third-order valence-electron chi connectivity index (χ3n) is 3.66. The van der Waals surface area contributed by atoms with E-state index in [1.54, 1.807) is 35.6 Å². The van der Waals surface area contributed by atoms with Crippen molar-refractivity contribution in [1.29, 1.82) is 0 Å². The third kappa shape index (κ3) is 4.38. The van der Waals surface area contributed by atoms with Gasteiger partial charge in [0, 0.05) is 6.07 Å². The van der Waals surface area contributed by atoms with Gasteiger partial charge in [-0.1, -0.05) is 30.3 Å². The van der Waals surface area contributed by atoms with Crippen LogP contribution in [0, 0.1) is 0 Å². The van der Waals surface area contributed by atoms with E-state index in [1.165, 1.54) is 14.0 Å². The molecule has 28 heavy (non-hydrogen) atoms. The summed E-state index contributed by atoms with van der Waals surface area (Å²) in [6, 6.07) is 10.2. The molecule has 1 atom stereocenters. The van der Waals surface area contributed by atoms with Crippen LogP contribution in [0.1, 0.15) is 18.2 Å². The van der Waals surface area contributed by atoms with Gasteiger partial charge in [0.25, 0.3) is 11.5 Å². The lowest BCUT2D eigenvalue weighted by Crippen LogP contribution is -2.61. The fraction of sp³-hybridized carbons (Fsp3) is 0.333. The Kier molecular flexibility index (Phi) is 6.55. The molecule has 1 amide bonds. The highest BCUT2D eigenvalue weighted by molar-refractivity contribution is 5.87. The summed E-state index contributed by atoms with van der Waals surface area (Å²) < 4.78 is 61.1. The summed E-state index contributed by atoms with van der Waals surface area (Å²) >= 11 is 0. The number of amides is 1. The molecule has 7 nitrogen and oxygen atoms in total. The second kappa shape index (κ2) is 8.68. The largest absolute Gasteiger partial charge is 0.468 e. The average molecular weight is 401 g/mol. The van der Waals surface area contributed by atoms with Crippen LogP contribution in [0.25, 0.3) is 0 Å². The van der Waals surface area contributed by atoms with Crippen molar-refractivity contribution in [3.05, 3.63) is 53.8 Å². The Morgan fingerprint density at radius 1 is 1.07 bits per heavy atom. The molecule has 0 aliphatic heterocycles. The number of ether oxygens (including phenoxy) is 3. The molecule has 0 aliphatic rings. The first-order valence-corrected chi connectivity index (χ1v) is 8.11. The number of methoxy groups -OCH3 is 1. The van der Waals surface area contributed by atoms with E-state index in [1.807, 2.05) is 0 Å². The van der Waals surface area contributed by atoms with Crippen LogP contribution in [0.3, 0.4) is 0 Å². The van der Waals surface area contributed by atoms with Crippen LogP contribution in [0.2, 0.25) is 0 Å². The smallest absolute Gasteiger partial charge is 0.430 e. The maximum Gasteiger partial charge on any atom is 0.430 e. The van der Waals surface area contributed by atoms with E-state index in [0.29, 0.717) is 5.56 Å². The van der Waals surface area contributed by atoms with Crippen LogP contribution in [-0.2, 0) is 26.4 Å². The molecule has 0 aliphatic carbocycles. The number of alkyl carbamates (subject to hydrolysis) is 1. The Morgan fingerprint density at radius 2 is 1.75 bits per heavy atom. The Morgan fingerprint density at radius 3 is 2.29 bits per heavy atom. The molecule has 0 saturated carbocycles. The predicted octanol–water partition coefficient (Wildman–Crippen LogP) is 3.54. The lowest BCUT2D eigenvalue weighted by atomic mass is 9.95. The zero-order valence-electron chi connectivity index (χ0n) is 15.0. The summed E-state index contributed by atoms with van der Waals surface area (Å²) in [7, 11) is 1.17. The minimum absolute atomic E-state index is 0.285. The van der Waals surface area contributed by atoms with Gasteiger partial charge in [0.05, 0.1) is 13.7 Å². The molecule has 1 aromatic heterocycles. The number of hydrogen-bond acceptors (Lipinski definition) is 6. The van der Waals surface area contributed by atoms with Crippen LogP contribution in [0.5, 0.6) is 5.95 Å². The molecule has 0 spiro atoms. The second-order valence-electron chi connectivity index (χ2n) is 5.48. The number of carbonyl (C=O) groups is 2. The maximum absolute atomic E-state index is 14.0. The fourth-order valence-corrected chi connectivity index (χ4v) is 2.32. The van der Waals surface area contributed by atoms with Gasteiger partial charge >= 0.3 is 18.2 Å². The van der Waals surface area contributed by atoms with E-state index in [4.69, 9.17) is 13.9 Å². The summed E-state index contributed by atoms with van der Waals surface area (Å²) in [5.41, 5.74) is -3.06. The first-order chi connectivity index (χ1) is 13.2. The Hall–Kier alpha value is -3.17. The number of nitrogens with one attached hydrogen (secondary N) is 1. The van der Waals surface area contributed by atoms with E-state index in [9.17, 15) is 22.8 Å². The second-order valence-corrected chi connectivity index (χ2v) is 5.48. The van der Waals surface area contributed by atoms with Gasteiger partial charge in [-0.05, 0) is 18.6 Å². The van der Waals surface area contributed by atoms with Crippen molar-refractivity contribution in [3.63, 3.8) is 0 Å². The van der Waals surface area contributed by atoms with Crippen molar-refractivity contribution in [2.24, 2.45) is 0 Å². The SMILES string of the molecule is CCOC(=O)[C@@](NC(=O)OCc1ccccc1)(c1ccc(OC)o1)C(F)(F)F. The van der Waals surface area contributed by atoms with Gasteiger partial charge in [0.15, 0.2) is 5.76 Å². The van der Waals surface area contributed by atoms with Gasteiger partial charge in [0.2, 0.25) is 0 Å². The number of hydrogen-bond donors (Lipinski definition) is 1. The molecular formula is C18H18F3NO6. The summed E-state index contributed by atoms with van der Waals surface area (Å²) in [6.07, 6.45) is -6.78. The van der Waals surface area contributed by atoms with Crippen molar-refractivity contribution in [1.82, 2.24) is 5.32 Å². The minimum atomic E-state index is -5.30. The van der Waals surface area contributed by atoms with Gasteiger partial charge in [-0.15, -0.1) is 0 Å². The highest BCUT2D eigenvalue weighted by atomic mass is 19.4. The van der Waals surface area contributed by atoms with Crippen molar-refractivity contribution in [3.8, 4) is 5.95 Å². The number of furan rings is 1. The molecular weight excluding hydrogens is 383 g/mol. The van der Waals surface area contributed by atoms with E-state index < -0.39 is 29.5 Å². The zero-order chi connectivity index (χ0) is 20.8. The van der Waals surface area contributed by atoms with Gasteiger partial charge in [-0.3, -0.25) is 5.32 Å². The van der Waals surface area contributed by atoms with Gasteiger partial charge < -0.3 is 18.6 Å². The average Bonchev–Trinajstić information content (AvgIpc) is 3.13. The number of alkyl halides is 3. The normalized spacial score (nSPS) is 13.3. The molecule has 0 unspecified atom stereocenters. The van der Waals surface area contributed by atoms with E-state index in [-0.39, 0.29) is 19.2 Å². The van der Waals surface area contributed by atoms with Crippen LogP contribution in [-0.4, -0.2) is 32.0 Å². The first-order valence-electron chi connectivity index (χ1n) is 8.11. The summed E-state index contributed by atoms with van der Waals surface area (Å²) in [5, 5.41) is 1.57. The number of carbonyl (C=O) groups excluding carboxylic acids is 2. The highest BCUT2D eigenvalue weighted by Crippen LogP contribution is 2.42. The standard InChI is InChI=1S/C18H18F3NO6/c1-3-26-15(23)17(18(19,20)21,13-9-10-14(25-2)28-13)22-16(24)27-11-12-7-5-4-6-8-12/h4-10H,3,11H2,1-2H3,(H,22,24)/t17-/m0/s1. The Labute approximate surface area is 158 Å². The topological polar surface area (TPSA) is 87.0 Å². The quantitative estimate of drug-likeness (QED) is 0.715. The van der Waals surface area contributed by atoms with Gasteiger partial charge in [-0.25, -0.2) is 9.59 Å². The van der Waals surface area contributed by atoms with Crippen molar-refractivity contribution in [2.75, 3.05) is 13.7 Å². The number of benzene rings is 1. The van der Waals surface area contributed by atoms with Crippen LogP contribution in [0.4, 0.5) is 18.0 Å². The van der Waals surface area contributed by atoms with Crippen LogP contribution in [0.15, 0.2) is 46.9 Å². The molecule has 152 valence electrons. The van der Waals surface area contributed by atoms with Crippen molar-refractivity contribution >= 4 is 12.1 Å². The monoisotopic (exact) mass is 401 g/mol. The van der Waals surface area contributed by atoms with Crippen LogP contribution >= 0.6 is 0 Å². The maximum atomic E-state index is 14.0. The number of halogens is 3. The zero-order valence-corrected chi connectivity index (χ0v) is 15.0. The van der Waals surface area contributed by atoms with Crippen molar-refractivity contribution in [2.45, 2.75) is 25.2 Å². The summed E-state index contributed by atoms with van der Waals surface area (Å²) in [4.78, 5) is 24.4. The minimum Gasteiger partial charge on any atom is -0.468 e. The third-order valence-corrected chi connectivity index (χ3v) is 3.66. The number of esters is 1. The molecule has 0 fully saturated rings. The lowest BCUT2D eigenvalue weighted by molar-refractivity contribution is -0.218. The lowest BCUT2D eigenvalue weighted by Gasteiger charge is -2.31. The molecule has 0 saturated heterocycles. The summed E-state index contributed by atoms with van der Waals surface area (Å²) in [6.45, 7) is 0.676. The van der Waals surface area contributed by atoms with E-state index >= 15 is 0 Å². The molecule has 2 rings (SSSR count). The van der Waals surface area contributed by atoms with Crippen LogP contribution < -0.4 is 10.1 Å². The van der Waals surface area contributed by atoms with Crippen molar-refractivity contribution < 1.29 is 41.4 Å². The molecule has 10 heteroatoms. The molecule has 1 aromatic carbocycles.